The van der Waals surface area contributed by atoms with Crippen LogP contribution in [0.1, 0.15) is 45.7 Å². The van der Waals surface area contributed by atoms with Crippen molar-refractivity contribution in [1.29, 1.82) is 0 Å². The first-order valence-electron chi connectivity index (χ1n) is 5.69. The summed E-state index contributed by atoms with van der Waals surface area (Å²) in [6.07, 6.45) is 1.74. The van der Waals surface area contributed by atoms with E-state index in [-0.39, 0.29) is 10.8 Å². The molecule has 1 aromatic rings. The van der Waals surface area contributed by atoms with Crippen molar-refractivity contribution in [2.45, 2.75) is 45.4 Å². The normalized spacial score (nSPS) is 18.2. The van der Waals surface area contributed by atoms with Crippen molar-refractivity contribution in [2.75, 3.05) is 0 Å². The van der Waals surface area contributed by atoms with E-state index in [1.165, 1.54) is 5.56 Å². The number of hydrogen-bond donors (Lipinski definition) is 0. The van der Waals surface area contributed by atoms with Gasteiger partial charge in [-0.15, -0.1) is 0 Å². The van der Waals surface area contributed by atoms with E-state index in [1.807, 2.05) is 6.07 Å². The number of nitrogens with zero attached hydrogens (tertiary/aromatic N) is 1. The van der Waals surface area contributed by atoms with E-state index in [0.717, 1.165) is 16.0 Å². The Kier molecular flexibility index (Phi) is 2.16. The van der Waals surface area contributed by atoms with Crippen LogP contribution in [0.5, 0.6) is 0 Å². The topological polar surface area (TPSA) is 26.1 Å². The van der Waals surface area contributed by atoms with Gasteiger partial charge >= 0.3 is 0 Å². The third kappa shape index (κ3) is 1.62. The molecule has 0 radical (unpaired) electrons. The Hall–Kier alpha value is -1.31. The molecule has 2 heteroatoms. The van der Waals surface area contributed by atoms with Crippen LogP contribution in [0.2, 0.25) is 0 Å². The first-order chi connectivity index (χ1) is 7.22. The Bertz CT molecular complexity index is 464. The largest absolute Gasteiger partial charge is 0.618 e. The Labute approximate surface area is 97.2 Å². The molecule has 0 saturated heterocycles. The van der Waals surface area contributed by atoms with Gasteiger partial charge in [0, 0.05) is 11.6 Å². The van der Waals surface area contributed by atoms with Gasteiger partial charge < -0.3 is 5.21 Å². The minimum Gasteiger partial charge on any atom is -0.618 e. The molecule has 2 rings (SSSR count). The van der Waals surface area contributed by atoms with Crippen LogP contribution >= 0.6 is 0 Å². The molecule has 0 N–H and O–H groups in total. The molecule has 1 aliphatic heterocycles. The van der Waals surface area contributed by atoms with Crippen LogP contribution in [0, 0.1) is 5.21 Å². The second-order valence-corrected chi connectivity index (χ2v) is 6.16. The van der Waals surface area contributed by atoms with Gasteiger partial charge in [0.15, 0.2) is 6.21 Å². The van der Waals surface area contributed by atoms with Crippen LogP contribution in [-0.2, 0) is 10.8 Å². The Morgan fingerprint density at radius 1 is 1.19 bits per heavy atom. The van der Waals surface area contributed by atoms with E-state index >= 15 is 0 Å². The first-order valence-corrected chi connectivity index (χ1v) is 5.69. The minimum absolute atomic E-state index is 0.0859. The molecule has 0 bridgehead atoms. The number of hydrogen-bond acceptors (Lipinski definition) is 1. The SMILES string of the molecule is CC(C)(C)c1ccc2c(c1)[N+]([O-])=CC2(C)C. The molecular formula is C14H19NO. The lowest BCUT2D eigenvalue weighted by Crippen LogP contribution is -2.16. The average molecular weight is 217 g/mol. The van der Waals surface area contributed by atoms with Crippen molar-refractivity contribution in [3.05, 3.63) is 34.5 Å². The lowest BCUT2D eigenvalue weighted by atomic mass is 9.82. The van der Waals surface area contributed by atoms with Crippen LogP contribution in [0.3, 0.4) is 0 Å². The fraction of sp³-hybridized carbons (Fsp3) is 0.500. The number of fused-ring (bicyclic) bond motifs is 1. The van der Waals surface area contributed by atoms with Crippen molar-refractivity contribution in [2.24, 2.45) is 0 Å². The lowest BCUT2D eigenvalue weighted by molar-refractivity contribution is -0.352. The summed E-state index contributed by atoms with van der Waals surface area (Å²) in [5.74, 6) is 0. The maximum absolute atomic E-state index is 11.8. The average Bonchev–Trinajstić information content (AvgIpc) is 2.36. The van der Waals surface area contributed by atoms with Crippen molar-refractivity contribution >= 4 is 11.9 Å². The summed E-state index contributed by atoms with van der Waals surface area (Å²) in [5.41, 5.74) is 3.07. The van der Waals surface area contributed by atoms with Gasteiger partial charge in [-0.1, -0.05) is 32.9 Å². The highest BCUT2D eigenvalue weighted by Crippen LogP contribution is 2.38. The molecular weight excluding hydrogens is 198 g/mol. The Balaban J connectivity index is 2.59. The molecule has 0 unspecified atom stereocenters. The molecule has 0 aromatic heterocycles. The number of rotatable bonds is 0. The summed E-state index contributed by atoms with van der Waals surface area (Å²) in [6, 6.07) is 6.24. The summed E-state index contributed by atoms with van der Waals surface area (Å²) in [7, 11) is 0. The summed E-state index contributed by atoms with van der Waals surface area (Å²) in [5, 5.41) is 11.8. The van der Waals surface area contributed by atoms with Crippen LogP contribution in [0.15, 0.2) is 18.2 Å². The molecule has 0 amide bonds. The van der Waals surface area contributed by atoms with Crippen molar-refractivity contribution < 1.29 is 4.74 Å². The highest BCUT2D eigenvalue weighted by atomic mass is 16.5. The van der Waals surface area contributed by atoms with E-state index in [0.29, 0.717) is 0 Å². The van der Waals surface area contributed by atoms with Crippen LogP contribution < -0.4 is 0 Å². The van der Waals surface area contributed by atoms with E-state index < -0.39 is 0 Å². The van der Waals surface area contributed by atoms with E-state index in [2.05, 4.69) is 46.8 Å². The second kappa shape index (κ2) is 3.09. The Morgan fingerprint density at radius 2 is 1.81 bits per heavy atom. The Morgan fingerprint density at radius 3 is 2.38 bits per heavy atom. The van der Waals surface area contributed by atoms with E-state index in [4.69, 9.17) is 0 Å². The first kappa shape index (κ1) is 11.2. The summed E-state index contributed by atoms with van der Waals surface area (Å²) in [4.78, 5) is 0. The maximum Gasteiger partial charge on any atom is 0.220 e. The molecule has 86 valence electrons. The summed E-state index contributed by atoms with van der Waals surface area (Å²) in [6.45, 7) is 10.6. The predicted molar refractivity (Wildman–Crippen MR) is 67.5 cm³/mol. The van der Waals surface area contributed by atoms with Gasteiger partial charge in [-0.3, -0.25) is 0 Å². The molecule has 0 spiro atoms. The van der Waals surface area contributed by atoms with Crippen molar-refractivity contribution in [1.82, 2.24) is 0 Å². The third-order valence-electron chi connectivity index (χ3n) is 3.24. The van der Waals surface area contributed by atoms with E-state index in [1.54, 1.807) is 6.21 Å². The molecule has 0 saturated carbocycles. The molecule has 0 atom stereocenters. The van der Waals surface area contributed by atoms with Gasteiger partial charge in [0.1, 0.15) is 0 Å². The minimum atomic E-state index is -0.145. The third-order valence-corrected chi connectivity index (χ3v) is 3.24. The van der Waals surface area contributed by atoms with E-state index in [9.17, 15) is 5.21 Å². The zero-order chi connectivity index (χ0) is 12.1. The van der Waals surface area contributed by atoms with Crippen LogP contribution in [0.25, 0.3) is 0 Å². The number of benzene rings is 1. The molecule has 1 heterocycles. The van der Waals surface area contributed by atoms with Gasteiger partial charge in [-0.2, -0.15) is 4.74 Å². The van der Waals surface area contributed by atoms with Gasteiger partial charge in [0.05, 0.1) is 5.41 Å². The molecule has 0 fully saturated rings. The molecule has 2 nitrogen and oxygen atoms in total. The molecule has 1 aliphatic rings. The van der Waals surface area contributed by atoms with Crippen LogP contribution in [0.4, 0.5) is 5.69 Å². The highest BCUT2D eigenvalue weighted by Gasteiger charge is 2.35. The fourth-order valence-electron chi connectivity index (χ4n) is 2.16. The van der Waals surface area contributed by atoms with Gasteiger partial charge in [0.25, 0.3) is 0 Å². The summed E-state index contributed by atoms with van der Waals surface area (Å²) >= 11 is 0. The quantitative estimate of drug-likeness (QED) is 0.482. The lowest BCUT2D eigenvalue weighted by Gasteiger charge is -2.20. The van der Waals surface area contributed by atoms with Gasteiger partial charge in [-0.05, 0) is 24.8 Å². The second-order valence-electron chi connectivity index (χ2n) is 6.16. The standard InChI is InChI=1S/C14H19NO/c1-13(2,3)10-6-7-11-12(8-10)15(16)9-14(11,4)5/h6-9H,1-5H3. The molecule has 1 aromatic carbocycles. The monoisotopic (exact) mass is 217 g/mol. The van der Waals surface area contributed by atoms with Crippen molar-refractivity contribution in [3.8, 4) is 0 Å². The zero-order valence-electron chi connectivity index (χ0n) is 10.7. The zero-order valence-corrected chi connectivity index (χ0v) is 10.7. The smallest absolute Gasteiger partial charge is 0.220 e. The maximum atomic E-state index is 11.8. The summed E-state index contributed by atoms with van der Waals surface area (Å²) < 4.78 is 1.00. The van der Waals surface area contributed by atoms with Gasteiger partial charge in [-0.25, -0.2) is 0 Å². The van der Waals surface area contributed by atoms with Gasteiger partial charge in [0.2, 0.25) is 5.69 Å². The van der Waals surface area contributed by atoms with Crippen LogP contribution in [-0.4, -0.2) is 11.0 Å². The fourth-order valence-corrected chi connectivity index (χ4v) is 2.16. The molecule has 16 heavy (non-hydrogen) atoms. The highest BCUT2D eigenvalue weighted by molar-refractivity contribution is 5.77. The predicted octanol–water partition coefficient (Wildman–Crippen LogP) is 3.49. The molecule has 0 aliphatic carbocycles. The van der Waals surface area contributed by atoms with Crippen molar-refractivity contribution in [3.63, 3.8) is 0 Å².